The van der Waals surface area contributed by atoms with Crippen molar-refractivity contribution in [1.29, 1.82) is 10.5 Å². The Morgan fingerprint density at radius 3 is 2.68 bits per heavy atom. The van der Waals surface area contributed by atoms with E-state index >= 15 is 0 Å². The van der Waals surface area contributed by atoms with Crippen LogP contribution in [0.4, 0.5) is 0 Å². The van der Waals surface area contributed by atoms with Crippen molar-refractivity contribution in [3.63, 3.8) is 0 Å². The fourth-order valence-electron chi connectivity index (χ4n) is 1.76. The van der Waals surface area contributed by atoms with E-state index in [1.54, 1.807) is 11.0 Å². The fourth-order valence-corrected chi connectivity index (χ4v) is 1.76. The lowest BCUT2D eigenvalue weighted by atomic mass is 10.1. The molecule has 0 amide bonds. The Labute approximate surface area is 111 Å². The van der Waals surface area contributed by atoms with Gasteiger partial charge >= 0.3 is 0 Å². The Kier molecular flexibility index (Phi) is 4.25. The molecule has 0 aliphatic rings. The van der Waals surface area contributed by atoms with Crippen molar-refractivity contribution in [3.8, 4) is 23.5 Å². The summed E-state index contributed by atoms with van der Waals surface area (Å²) in [5, 5.41) is 21.9. The van der Waals surface area contributed by atoms with Gasteiger partial charge in [0.15, 0.2) is 5.82 Å². The van der Waals surface area contributed by atoms with Gasteiger partial charge in [-0.25, -0.2) is 4.98 Å². The normalized spacial score (nSPS) is 11.5. The third kappa shape index (κ3) is 3.40. The van der Waals surface area contributed by atoms with Gasteiger partial charge in [-0.15, -0.1) is 0 Å². The lowest BCUT2D eigenvalue weighted by Gasteiger charge is -2.05. The minimum atomic E-state index is -0.204. The molecule has 0 radical (unpaired) electrons. The van der Waals surface area contributed by atoms with Crippen LogP contribution in [0, 0.1) is 28.6 Å². The molecule has 5 heteroatoms. The van der Waals surface area contributed by atoms with E-state index < -0.39 is 0 Å². The minimum absolute atomic E-state index is 0.204. The summed E-state index contributed by atoms with van der Waals surface area (Å²) in [5.41, 5.74) is 0.951. The average molecular weight is 251 g/mol. The third-order valence-corrected chi connectivity index (χ3v) is 2.76. The van der Waals surface area contributed by atoms with Crippen molar-refractivity contribution in [2.75, 3.05) is 0 Å². The van der Waals surface area contributed by atoms with E-state index in [9.17, 15) is 0 Å². The molecule has 2 rings (SSSR count). The number of aromatic nitrogens is 3. The third-order valence-electron chi connectivity index (χ3n) is 2.76. The van der Waals surface area contributed by atoms with Gasteiger partial charge in [0.1, 0.15) is 6.33 Å². The molecule has 0 saturated heterocycles. The second-order valence-corrected chi connectivity index (χ2v) is 4.18. The molecule has 94 valence electrons. The highest BCUT2D eigenvalue weighted by Crippen LogP contribution is 2.14. The van der Waals surface area contributed by atoms with Gasteiger partial charge in [0.05, 0.1) is 24.6 Å². The molecular formula is C14H13N5. The van der Waals surface area contributed by atoms with Crippen LogP contribution < -0.4 is 0 Å². The zero-order chi connectivity index (χ0) is 13.5. The van der Waals surface area contributed by atoms with Crippen LogP contribution in [0.3, 0.4) is 0 Å². The second kappa shape index (κ2) is 6.32. The lowest BCUT2D eigenvalue weighted by molar-refractivity contribution is 0.476. The van der Waals surface area contributed by atoms with Crippen LogP contribution in [-0.4, -0.2) is 14.8 Å². The first-order chi connectivity index (χ1) is 9.33. The number of hydrogen-bond donors (Lipinski definition) is 0. The van der Waals surface area contributed by atoms with Gasteiger partial charge in [-0.05, 0) is 6.42 Å². The van der Waals surface area contributed by atoms with Crippen LogP contribution in [0.15, 0.2) is 36.7 Å². The Morgan fingerprint density at radius 1 is 1.21 bits per heavy atom. The SMILES string of the molecule is N#CCCC(C#N)Cn1cnc(-c2ccccc2)n1. The standard InChI is InChI=1S/C14H13N5/c15-8-4-5-12(9-16)10-19-11-17-14(18-19)13-6-2-1-3-7-13/h1-3,6-7,11-12H,4-5,10H2. The van der Waals surface area contributed by atoms with E-state index in [0.717, 1.165) is 5.56 Å². The van der Waals surface area contributed by atoms with Crippen LogP contribution >= 0.6 is 0 Å². The van der Waals surface area contributed by atoms with Gasteiger partial charge in [-0.3, -0.25) is 4.68 Å². The van der Waals surface area contributed by atoms with Crippen LogP contribution in [0.2, 0.25) is 0 Å². The van der Waals surface area contributed by atoms with Gasteiger partial charge in [0.25, 0.3) is 0 Å². The van der Waals surface area contributed by atoms with E-state index in [4.69, 9.17) is 10.5 Å². The Bertz CT molecular complexity index is 603. The van der Waals surface area contributed by atoms with Gasteiger partial charge in [-0.1, -0.05) is 30.3 Å². The van der Waals surface area contributed by atoms with Crippen molar-refractivity contribution < 1.29 is 0 Å². The highest BCUT2D eigenvalue weighted by Gasteiger charge is 2.10. The first-order valence-electron chi connectivity index (χ1n) is 6.05. The summed E-state index contributed by atoms with van der Waals surface area (Å²) in [6.07, 6.45) is 2.57. The molecular weight excluding hydrogens is 238 g/mol. The number of benzene rings is 1. The van der Waals surface area contributed by atoms with E-state index in [1.165, 1.54) is 0 Å². The first kappa shape index (κ1) is 12.8. The lowest BCUT2D eigenvalue weighted by Crippen LogP contribution is -2.09. The maximum Gasteiger partial charge on any atom is 0.181 e. The van der Waals surface area contributed by atoms with Crippen LogP contribution in [0.1, 0.15) is 12.8 Å². The van der Waals surface area contributed by atoms with Gasteiger partial charge in [0.2, 0.25) is 0 Å². The molecule has 0 aliphatic carbocycles. The Morgan fingerprint density at radius 2 is 2.00 bits per heavy atom. The summed E-state index contributed by atoms with van der Waals surface area (Å²) in [5.74, 6) is 0.447. The summed E-state index contributed by atoms with van der Waals surface area (Å²) >= 11 is 0. The number of rotatable bonds is 5. The molecule has 0 saturated carbocycles. The molecule has 1 heterocycles. The molecule has 2 aromatic rings. The predicted octanol–water partition coefficient (Wildman–Crippen LogP) is 2.39. The zero-order valence-corrected chi connectivity index (χ0v) is 10.4. The summed E-state index contributed by atoms with van der Waals surface area (Å²) in [7, 11) is 0. The Hall–Kier alpha value is -2.66. The summed E-state index contributed by atoms with van der Waals surface area (Å²) in [6, 6.07) is 13.9. The van der Waals surface area contributed by atoms with Crippen LogP contribution in [-0.2, 0) is 6.54 Å². The molecule has 0 aliphatic heterocycles. The summed E-state index contributed by atoms with van der Waals surface area (Å²) < 4.78 is 1.66. The molecule has 1 aromatic carbocycles. The smallest absolute Gasteiger partial charge is 0.181 e. The van der Waals surface area contributed by atoms with E-state index in [0.29, 0.717) is 25.2 Å². The fraction of sp³-hybridized carbons (Fsp3) is 0.286. The second-order valence-electron chi connectivity index (χ2n) is 4.18. The number of nitriles is 2. The molecule has 1 atom stereocenters. The largest absolute Gasteiger partial charge is 0.251 e. The highest BCUT2D eigenvalue weighted by molar-refractivity contribution is 5.53. The molecule has 1 unspecified atom stereocenters. The van der Waals surface area contributed by atoms with Crippen molar-refractivity contribution in [3.05, 3.63) is 36.7 Å². The van der Waals surface area contributed by atoms with Crippen LogP contribution in [0.5, 0.6) is 0 Å². The van der Waals surface area contributed by atoms with Gasteiger partial charge in [-0.2, -0.15) is 15.6 Å². The zero-order valence-electron chi connectivity index (χ0n) is 10.4. The number of nitrogens with zero attached hydrogens (tertiary/aromatic N) is 5. The maximum absolute atomic E-state index is 9.02. The van der Waals surface area contributed by atoms with Crippen molar-refractivity contribution >= 4 is 0 Å². The topological polar surface area (TPSA) is 78.3 Å². The van der Waals surface area contributed by atoms with E-state index in [2.05, 4.69) is 22.2 Å². The Balaban J connectivity index is 2.06. The number of hydrogen-bond acceptors (Lipinski definition) is 4. The van der Waals surface area contributed by atoms with E-state index in [-0.39, 0.29) is 5.92 Å². The van der Waals surface area contributed by atoms with Crippen molar-refractivity contribution in [2.45, 2.75) is 19.4 Å². The monoisotopic (exact) mass is 251 g/mol. The highest BCUT2D eigenvalue weighted by atomic mass is 15.3. The quantitative estimate of drug-likeness (QED) is 0.817. The first-order valence-corrected chi connectivity index (χ1v) is 6.05. The predicted molar refractivity (Wildman–Crippen MR) is 69.4 cm³/mol. The average Bonchev–Trinajstić information content (AvgIpc) is 2.93. The van der Waals surface area contributed by atoms with Gasteiger partial charge < -0.3 is 0 Å². The molecule has 0 N–H and O–H groups in total. The van der Waals surface area contributed by atoms with Crippen LogP contribution in [0.25, 0.3) is 11.4 Å². The summed E-state index contributed by atoms with van der Waals surface area (Å²) in [4.78, 5) is 4.23. The van der Waals surface area contributed by atoms with E-state index in [1.807, 2.05) is 30.3 Å². The molecule has 0 bridgehead atoms. The molecule has 0 spiro atoms. The molecule has 1 aromatic heterocycles. The van der Waals surface area contributed by atoms with Crippen molar-refractivity contribution in [2.24, 2.45) is 5.92 Å². The minimum Gasteiger partial charge on any atom is -0.251 e. The molecule has 19 heavy (non-hydrogen) atoms. The van der Waals surface area contributed by atoms with Gasteiger partial charge in [0, 0.05) is 12.0 Å². The summed E-state index contributed by atoms with van der Waals surface area (Å²) in [6.45, 7) is 0.470. The molecule has 5 nitrogen and oxygen atoms in total. The van der Waals surface area contributed by atoms with Crippen molar-refractivity contribution in [1.82, 2.24) is 14.8 Å². The molecule has 0 fully saturated rings. The maximum atomic E-state index is 9.02.